The van der Waals surface area contributed by atoms with Gasteiger partial charge in [-0.25, -0.2) is 0 Å². The summed E-state index contributed by atoms with van der Waals surface area (Å²) in [6, 6.07) is 5.15. The van der Waals surface area contributed by atoms with Crippen molar-refractivity contribution in [1.82, 2.24) is 10.2 Å². The molecule has 18 heavy (non-hydrogen) atoms. The minimum atomic E-state index is -0.120. The Labute approximate surface area is 124 Å². The molecule has 1 aliphatic rings. The number of thiocarbonyl (C=S) groups is 1. The summed E-state index contributed by atoms with van der Waals surface area (Å²) < 4.78 is 0.738. The van der Waals surface area contributed by atoms with Crippen molar-refractivity contribution < 1.29 is 9.90 Å². The van der Waals surface area contributed by atoms with Crippen LogP contribution in [0.2, 0.25) is 0 Å². The molecule has 0 aromatic heterocycles. The van der Waals surface area contributed by atoms with Crippen molar-refractivity contribution >= 4 is 51.9 Å². The number of benzene rings is 1. The van der Waals surface area contributed by atoms with Crippen LogP contribution in [0.1, 0.15) is 12.5 Å². The van der Waals surface area contributed by atoms with E-state index in [9.17, 15) is 9.90 Å². The molecule has 1 aliphatic heterocycles. The van der Waals surface area contributed by atoms with E-state index in [1.165, 1.54) is 4.90 Å². The highest BCUT2D eigenvalue weighted by Crippen LogP contribution is 2.22. The number of nitrogens with one attached hydrogen (secondary N) is 1. The van der Waals surface area contributed by atoms with Crippen molar-refractivity contribution in [3.63, 3.8) is 0 Å². The molecule has 94 valence electrons. The fourth-order valence-corrected chi connectivity index (χ4v) is 2.50. The number of aromatic hydroxyl groups is 1. The number of halogens is 1. The number of nitrogens with zero attached hydrogens (tertiary/aromatic N) is 1. The summed E-state index contributed by atoms with van der Waals surface area (Å²) in [5, 5.41) is 12.8. The van der Waals surface area contributed by atoms with Gasteiger partial charge in [0, 0.05) is 6.54 Å². The fraction of sp³-hybridized carbons (Fsp3) is 0.167. The Hall–Kier alpha value is -1.15. The molecule has 1 saturated heterocycles. The third kappa shape index (κ3) is 2.49. The second kappa shape index (κ2) is 5.23. The Morgan fingerprint density at radius 1 is 1.56 bits per heavy atom. The number of hydrogen-bond donors (Lipinski definition) is 2. The average molecular weight is 374 g/mol. The second-order valence-corrected chi connectivity index (χ2v) is 5.30. The van der Waals surface area contributed by atoms with E-state index in [0.717, 1.165) is 9.13 Å². The van der Waals surface area contributed by atoms with Crippen molar-refractivity contribution in [1.29, 1.82) is 0 Å². The van der Waals surface area contributed by atoms with Crippen LogP contribution in [0.4, 0.5) is 0 Å². The lowest BCUT2D eigenvalue weighted by molar-refractivity contribution is -0.122. The molecule has 1 aromatic rings. The Bertz CT molecular complexity index is 557. The standard InChI is InChI=1S/C12H11IN2O2S/c1-2-15-11(17)9(14-12(15)18)6-7-3-4-10(16)8(13)5-7/h3-6,16H,2H2,1H3,(H,14,18)/b9-6+. The van der Waals surface area contributed by atoms with Crippen molar-refractivity contribution in [2.75, 3.05) is 6.54 Å². The Kier molecular flexibility index (Phi) is 3.86. The van der Waals surface area contributed by atoms with E-state index in [-0.39, 0.29) is 11.7 Å². The summed E-state index contributed by atoms with van der Waals surface area (Å²) in [6.45, 7) is 2.42. The van der Waals surface area contributed by atoms with Gasteiger partial charge in [0.05, 0.1) is 3.57 Å². The molecule has 2 rings (SSSR count). The first-order valence-electron chi connectivity index (χ1n) is 5.36. The number of likely N-dealkylation sites (N-methyl/N-ethyl adjacent to an activating group) is 1. The minimum absolute atomic E-state index is 0.120. The highest BCUT2D eigenvalue weighted by Gasteiger charge is 2.28. The zero-order chi connectivity index (χ0) is 13.3. The molecule has 6 heteroatoms. The zero-order valence-corrected chi connectivity index (χ0v) is 12.6. The highest BCUT2D eigenvalue weighted by atomic mass is 127. The van der Waals surface area contributed by atoms with Crippen molar-refractivity contribution in [2.45, 2.75) is 6.92 Å². The summed E-state index contributed by atoms with van der Waals surface area (Å²) >= 11 is 7.10. The van der Waals surface area contributed by atoms with E-state index in [2.05, 4.69) is 5.32 Å². The molecule has 1 fully saturated rings. The van der Waals surface area contributed by atoms with Crippen LogP contribution in [0.25, 0.3) is 6.08 Å². The molecule has 0 atom stereocenters. The first-order valence-corrected chi connectivity index (χ1v) is 6.84. The molecule has 0 aliphatic carbocycles. The predicted molar refractivity (Wildman–Crippen MR) is 81.9 cm³/mol. The quantitative estimate of drug-likeness (QED) is 0.473. The smallest absolute Gasteiger partial charge is 0.276 e. The Morgan fingerprint density at radius 3 is 2.83 bits per heavy atom. The van der Waals surface area contributed by atoms with E-state index in [1.807, 2.05) is 29.5 Å². The number of carbonyl (C=O) groups is 1. The van der Waals surface area contributed by atoms with E-state index < -0.39 is 0 Å². The third-order valence-electron chi connectivity index (χ3n) is 2.56. The number of carbonyl (C=O) groups excluding carboxylic acids is 1. The predicted octanol–water partition coefficient (Wildman–Crippen LogP) is 2.07. The average Bonchev–Trinajstić information content (AvgIpc) is 2.59. The third-order valence-corrected chi connectivity index (χ3v) is 3.75. The molecule has 4 nitrogen and oxygen atoms in total. The van der Waals surface area contributed by atoms with Gasteiger partial charge >= 0.3 is 0 Å². The van der Waals surface area contributed by atoms with E-state index >= 15 is 0 Å². The van der Waals surface area contributed by atoms with Gasteiger partial charge in [0.25, 0.3) is 5.91 Å². The van der Waals surface area contributed by atoms with Crippen LogP contribution in [-0.4, -0.2) is 27.6 Å². The monoisotopic (exact) mass is 374 g/mol. The van der Waals surface area contributed by atoms with Gasteiger partial charge in [-0.05, 0) is 65.5 Å². The van der Waals surface area contributed by atoms with Gasteiger partial charge in [-0.3, -0.25) is 9.69 Å². The molecule has 1 aromatic carbocycles. The Balaban J connectivity index is 2.32. The number of phenols is 1. The maximum absolute atomic E-state index is 12.0. The van der Waals surface area contributed by atoms with Gasteiger partial charge in [0.15, 0.2) is 5.11 Å². The molecule has 0 unspecified atom stereocenters. The summed E-state index contributed by atoms with van der Waals surface area (Å²) in [5.74, 6) is 0.111. The maximum Gasteiger partial charge on any atom is 0.276 e. The lowest BCUT2D eigenvalue weighted by atomic mass is 10.2. The first kappa shape index (κ1) is 13.3. The second-order valence-electron chi connectivity index (χ2n) is 3.75. The van der Waals surface area contributed by atoms with Gasteiger partial charge in [-0.15, -0.1) is 0 Å². The SMILES string of the molecule is CCN1C(=O)/C(=C\c2ccc(O)c(I)c2)NC1=S. The fourth-order valence-electron chi connectivity index (χ4n) is 1.64. The number of rotatable bonds is 2. The summed E-state index contributed by atoms with van der Waals surface area (Å²) in [7, 11) is 0. The largest absolute Gasteiger partial charge is 0.507 e. The number of hydrogen-bond acceptors (Lipinski definition) is 3. The van der Waals surface area contributed by atoms with E-state index in [4.69, 9.17) is 12.2 Å². The first-order chi connectivity index (χ1) is 8.52. The summed E-state index contributed by atoms with van der Waals surface area (Å²) in [4.78, 5) is 13.5. The number of amides is 1. The van der Waals surface area contributed by atoms with Crippen LogP contribution < -0.4 is 5.32 Å². The van der Waals surface area contributed by atoms with E-state index in [0.29, 0.717) is 17.4 Å². The minimum Gasteiger partial charge on any atom is -0.507 e. The highest BCUT2D eigenvalue weighted by molar-refractivity contribution is 14.1. The molecule has 2 N–H and O–H groups in total. The molecular formula is C12H11IN2O2S. The van der Waals surface area contributed by atoms with Crippen molar-refractivity contribution in [3.8, 4) is 5.75 Å². The van der Waals surface area contributed by atoms with Crippen molar-refractivity contribution in [2.24, 2.45) is 0 Å². The molecule has 0 bridgehead atoms. The van der Waals surface area contributed by atoms with Gasteiger partial charge in [0.2, 0.25) is 0 Å². The maximum atomic E-state index is 12.0. The summed E-state index contributed by atoms with van der Waals surface area (Å²) in [5.41, 5.74) is 1.30. The molecule has 0 spiro atoms. The topological polar surface area (TPSA) is 52.6 Å². The van der Waals surface area contributed by atoms with E-state index in [1.54, 1.807) is 24.3 Å². The van der Waals surface area contributed by atoms with Crippen molar-refractivity contribution in [3.05, 3.63) is 33.0 Å². The molecule has 0 radical (unpaired) electrons. The van der Waals surface area contributed by atoms with Crippen LogP contribution in [0, 0.1) is 3.57 Å². The Morgan fingerprint density at radius 2 is 2.28 bits per heavy atom. The molecule has 1 amide bonds. The van der Waals surface area contributed by atoms with Crippen LogP contribution in [0.3, 0.4) is 0 Å². The molecular weight excluding hydrogens is 363 g/mol. The van der Waals surface area contributed by atoms with Gasteiger partial charge < -0.3 is 10.4 Å². The van der Waals surface area contributed by atoms with Gasteiger partial charge in [0.1, 0.15) is 11.4 Å². The normalized spacial score (nSPS) is 17.4. The molecule has 1 heterocycles. The van der Waals surface area contributed by atoms with Gasteiger partial charge in [-0.1, -0.05) is 6.07 Å². The molecule has 0 saturated carbocycles. The lowest BCUT2D eigenvalue weighted by Crippen LogP contribution is -2.30. The van der Waals surface area contributed by atoms with Crippen LogP contribution in [0.15, 0.2) is 23.9 Å². The van der Waals surface area contributed by atoms with Gasteiger partial charge in [-0.2, -0.15) is 0 Å². The van der Waals surface area contributed by atoms with Crippen LogP contribution in [-0.2, 0) is 4.79 Å². The zero-order valence-electron chi connectivity index (χ0n) is 9.61. The van der Waals surface area contributed by atoms with Crippen LogP contribution >= 0.6 is 34.8 Å². The lowest BCUT2D eigenvalue weighted by Gasteiger charge is -2.08. The van der Waals surface area contributed by atoms with Crippen LogP contribution in [0.5, 0.6) is 5.75 Å². The summed E-state index contributed by atoms with van der Waals surface area (Å²) in [6.07, 6.45) is 1.73. The number of phenolic OH excluding ortho intramolecular Hbond substituents is 1.